The zero-order valence-corrected chi connectivity index (χ0v) is 14.3. The van der Waals surface area contributed by atoms with Crippen LogP contribution in [-0.2, 0) is 0 Å². The molecule has 4 aromatic rings. The highest BCUT2D eigenvalue weighted by Crippen LogP contribution is 2.24. The third kappa shape index (κ3) is 3.25. The molecule has 1 aromatic carbocycles. The van der Waals surface area contributed by atoms with E-state index in [-0.39, 0.29) is 5.56 Å². The predicted octanol–water partition coefficient (Wildman–Crippen LogP) is 3.69. The molecule has 0 aliphatic rings. The number of benzene rings is 1. The van der Waals surface area contributed by atoms with Gasteiger partial charge in [-0.2, -0.15) is 9.61 Å². The van der Waals surface area contributed by atoms with Gasteiger partial charge in [-0.25, -0.2) is 4.98 Å². The Labute approximate surface area is 148 Å². The van der Waals surface area contributed by atoms with Crippen molar-refractivity contribution in [1.82, 2.24) is 19.6 Å². The fourth-order valence-electron chi connectivity index (χ4n) is 2.38. The Morgan fingerprint density at radius 3 is 2.72 bits per heavy atom. The Kier molecular flexibility index (Phi) is 3.95. The molecule has 0 radical (unpaired) electrons. The number of rotatable bonds is 3. The second-order valence-corrected chi connectivity index (χ2v) is 6.56. The van der Waals surface area contributed by atoms with Crippen LogP contribution in [0, 0.1) is 6.92 Å². The number of pyridine rings is 1. The summed E-state index contributed by atoms with van der Waals surface area (Å²) in [4.78, 5) is 21.5. The van der Waals surface area contributed by atoms with Crippen molar-refractivity contribution in [3.63, 3.8) is 0 Å². The number of hydrogen-bond donors (Lipinski definition) is 0. The van der Waals surface area contributed by atoms with Gasteiger partial charge in [0.15, 0.2) is 0 Å². The molecule has 3 heterocycles. The maximum Gasteiger partial charge on any atom is 0.275 e. The van der Waals surface area contributed by atoms with Crippen LogP contribution in [0.15, 0.2) is 59.7 Å². The summed E-state index contributed by atoms with van der Waals surface area (Å²) in [6.07, 6.45) is 7.17. The molecule has 0 N–H and O–H groups in total. The second-order valence-electron chi connectivity index (χ2n) is 5.61. The summed E-state index contributed by atoms with van der Waals surface area (Å²) in [5.41, 5.74) is 3.53. The molecule has 0 bridgehead atoms. The zero-order valence-electron chi connectivity index (χ0n) is 13.5. The van der Waals surface area contributed by atoms with E-state index in [9.17, 15) is 4.79 Å². The van der Waals surface area contributed by atoms with Gasteiger partial charge in [0, 0.05) is 24.0 Å². The summed E-state index contributed by atoms with van der Waals surface area (Å²) in [6.45, 7) is 2.04. The molecular formula is C19H14N4OS. The first-order valence-corrected chi connectivity index (χ1v) is 8.57. The maximum atomic E-state index is 12.3. The Morgan fingerprint density at radius 2 is 1.96 bits per heavy atom. The van der Waals surface area contributed by atoms with E-state index in [0.29, 0.717) is 10.7 Å². The largest absolute Gasteiger partial charge is 0.275 e. The molecule has 0 amide bonds. The molecule has 0 fully saturated rings. The average molecular weight is 346 g/mol. The molecule has 25 heavy (non-hydrogen) atoms. The molecule has 0 unspecified atom stereocenters. The maximum absolute atomic E-state index is 12.3. The summed E-state index contributed by atoms with van der Waals surface area (Å²) in [5, 5.41) is 5.17. The molecule has 3 aromatic heterocycles. The van der Waals surface area contributed by atoms with E-state index in [1.807, 2.05) is 55.5 Å². The Hall–Kier alpha value is -3.12. The minimum atomic E-state index is -0.189. The van der Waals surface area contributed by atoms with Gasteiger partial charge in [-0.3, -0.25) is 9.78 Å². The highest BCUT2D eigenvalue weighted by molar-refractivity contribution is 7.19. The van der Waals surface area contributed by atoms with E-state index in [0.717, 1.165) is 16.1 Å². The van der Waals surface area contributed by atoms with Crippen LogP contribution in [-0.4, -0.2) is 19.6 Å². The van der Waals surface area contributed by atoms with Gasteiger partial charge < -0.3 is 0 Å². The summed E-state index contributed by atoms with van der Waals surface area (Å²) in [5.74, 6) is 0. The number of aryl methyl sites for hydroxylation is 1. The van der Waals surface area contributed by atoms with Gasteiger partial charge in [0.2, 0.25) is 4.96 Å². The lowest BCUT2D eigenvalue weighted by Gasteiger charge is -1.95. The lowest BCUT2D eigenvalue weighted by Crippen LogP contribution is -2.14. The monoisotopic (exact) mass is 346 g/mol. The molecule has 0 aliphatic carbocycles. The Morgan fingerprint density at radius 1 is 1.12 bits per heavy atom. The van der Waals surface area contributed by atoms with Crippen molar-refractivity contribution in [2.24, 2.45) is 0 Å². The molecule has 122 valence electrons. The number of nitrogens with zero attached hydrogens (tertiary/aromatic N) is 4. The average Bonchev–Trinajstić information content (AvgIpc) is 3.06. The SMILES string of the molecule is Cc1ccc(-c2nn3c(=O)cc(/C=C/c4cccnc4)nc3s2)cc1. The van der Waals surface area contributed by atoms with Gasteiger partial charge in [-0.1, -0.05) is 53.3 Å². The highest BCUT2D eigenvalue weighted by Gasteiger charge is 2.09. The van der Waals surface area contributed by atoms with Crippen LogP contribution >= 0.6 is 11.3 Å². The molecule has 4 rings (SSSR count). The Bertz CT molecular complexity index is 1110. The van der Waals surface area contributed by atoms with Crippen molar-refractivity contribution < 1.29 is 0 Å². The van der Waals surface area contributed by atoms with Gasteiger partial charge in [0.1, 0.15) is 5.01 Å². The van der Waals surface area contributed by atoms with E-state index in [1.165, 1.54) is 27.5 Å². The minimum Gasteiger partial charge on any atom is -0.267 e. The standard InChI is InChI=1S/C19H14N4OS/c1-13-4-7-15(8-5-13)18-22-23-17(24)11-16(21-19(23)25-18)9-6-14-3-2-10-20-12-14/h2-12H,1H3/b9-6+. The van der Waals surface area contributed by atoms with Crippen LogP contribution in [0.25, 0.3) is 27.7 Å². The van der Waals surface area contributed by atoms with E-state index in [2.05, 4.69) is 15.1 Å². The van der Waals surface area contributed by atoms with E-state index in [1.54, 1.807) is 12.4 Å². The molecule has 0 saturated heterocycles. The molecular weight excluding hydrogens is 332 g/mol. The molecule has 0 aliphatic heterocycles. The lowest BCUT2D eigenvalue weighted by atomic mass is 10.2. The molecule has 6 heteroatoms. The number of aromatic nitrogens is 4. The van der Waals surface area contributed by atoms with E-state index in [4.69, 9.17) is 0 Å². The summed E-state index contributed by atoms with van der Waals surface area (Å²) >= 11 is 1.40. The van der Waals surface area contributed by atoms with Crippen LogP contribution in [0.5, 0.6) is 0 Å². The second kappa shape index (κ2) is 6.41. The molecule has 0 atom stereocenters. The summed E-state index contributed by atoms with van der Waals surface area (Å²) < 4.78 is 1.35. The molecule has 0 saturated carbocycles. The van der Waals surface area contributed by atoms with E-state index >= 15 is 0 Å². The fourth-order valence-corrected chi connectivity index (χ4v) is 3.30. The van der Waals surface area contributed by atoms with Crippen molar-refractivity contribution in [3.8, 4) is 10.6 Å². The zero-order chi connectivity index (χ0) is 17.2. The smallest absolute Gasteiger partial charge is 0.267 e. The van der Waals surface area contributed by atoms with Crippen molar-refractivity contribution in [3.05, 3.63) is 82.0 Å². The number of hydrogen-bond acceptors (Lipinski definition) is 5. The fraction of sp³-hybridized carbons (Fsp3) is 0.0526. The van der Waals surface area contributed by atoms with Crippen LogP contribution in [0.3, 0.4) is 0 Å². The predicted molar refractivity (Wildman–Crippen MR) is 100 cm³/mol. The van der Waals surface area contributed by atoms with Crippen LogP contribution in [0.1, 0.15) is 16.8 Å². The third-order valence-electron chi connectivity index (χ3n) is 3.69. The number of fused-ring (bicyclic) bond motifs is 1. The van der Waals surface area contributed by atoms with Gasteiger partial charge in [0.25, 0.3) is 5.56 Å². The molecule has 0 spiro atoms. The van der Waals surface area contributed by atoms with Gasteiger partial charge in [-0.15, -0.1) is 0 Å². The van der Waals surface area contributed by atoms with Crippen LogP contribution in [0.2, 0.25) is 0 Å². The van der Waals surface area contributed by atoms with Crippen LogP contribution in [0.4, 0.5) is 0 Å². The Balaban J connectivity index is 1.73. The van der Waals surface area contributed by atoms with Crippen molar-refractivity contribution in [2.45, 2.75) is 6.92 Å². The van der Waals surface area contributed by atoms with Crippen molar-refractivity contribution in [1.29, 1.82) is 0 Å². The normalized spacial score (nSPS) is 11.4. The summed E-state index contributed by atoms with van der Waals surface area (Å²) in [6, 6.07) is 13.3. The minimum absolute atomic E-state index is 0.189. The summed E-state index contributed by atoms with van der Waals surface area (Å²) in [7, 11) is 0. The first-order chi connectivity index (χ1) is 12.2. The first-order valence-electron chi connectivity index (χ1n) is 7.75. The topological polar surface area (TPSA) is 60.2 Å². The molecule has 5 nitrogen and oxygen atoms in total. The van der Waals surface area contributed by atoms with Crippen molar-refractivity contribution in [2.75, 3.05) is 0 Å². The highest BCUT2D eigenvalue weighted by atomic mass is 32.1. The third-order valence-corrected chi connectivity index (χ3v) is 4.65. The van der Waals surface area contributed by atoms with Gasteiger partial charge in [-0.05, 0) is 24.6 Å². The quantitative estimate of drug-likeness (QED) is 0.568. The van der Waals surface area contributed by atoms with Crippen LogP contribution < -0.4 is 5.56 Å². The lowest BCUT2D eigenvalue weighted by molar-refractivity contribution is 0.901. The van der Waals surface area contributed by atoms with E-state index < -0.39 is 0 Å². The first kappa shape index (κ1) is 15.4. The van der Waals surface area contributed by atoms with Gasteiger partial charge >= 0.3 is 0 Å². The van der Waals surface area contributed by atoms with Gasteiger partial charge in [0.05, 0.1) is 5.69 Å². The van der Waals surface area contributed by atoms with Crippen molar-refractivity contribution >= 4 is 28.4 Å².